The zero-order chi connectivity index (χ0) is 17.7. The van der Waals surface area contributed by atoms with Gasteiger partial charge in [-0.3, -0.25) is 14.9 Å². The van der Waals surface area contributed by atoms with Crippen LogP contribution in [0.3, 0.4) is 0 Å². The number of nitrogens with one attached hydrogen (secondary N) is 2. The summed E-state index contributed by atoms with van der Waals surface area (Å²) >= 11 is 11.7. The number of rotatable bonds is 3. The van der Waals surface area contributed by atoms with Crippen LogP contribution in [0, 0.1) is 0 Å². The molecule has 2 aromatic rings. The van der Waals surface area contributed by atoms with E-state index in [1.807, 2.05) is 0 Å². The zero-order valence-electron chi connectivity index (χ0n) is 12.4. The van der Waals surface area contributed by atoms with Crippen molar-refractivity contribution in [1.82, 2.24) is 5.32 Å². The highest BCUT2D eigenvalue weighted by Gasteiger charge is 2.14. The third-order valence-corrected chi connectivity index (χ3v) is 3.30. The molecule has 0 aromatic heterocycles. The van der Waals surface area contributed by atoms with Crippen molar-refractivity contribution in [1.29, 1.82) is 0 Å². The summed E-state index contributed by atoms with van der Waals surface area (Å²) in [5.41, 5.74) is 0.464. The number of hydrogen-bond acceptors (Lipinski definition) is 4. The third kappa shape index (κ3) is 4.97. The molecule has 0 fully saturated rings. The van der Waals surface area contributed by atoms with Crippen molar-refractivity contribution in [2.75, 3.05) is 5.32 Å². The van der Waals surface area contributed by atoms with E-state index in [-0.39, 0.29) is 16.3 Å². The van der Waals surface area contributed by atoms with Crippen LogP contribution in [-0.4, -0.2) is 17.9 Å². The quantitative estimate of drug-likeness (QED) is 0.637. The highest BCUT2D eigenvalue weighted by atomic mass is 35.5. The van der Waals surface area contributed by atoms with Crippen LogP contribution < -0.4 is 15.4 Å². The lowest BCUT2D eigenvalue weighted by atomic mass is 10.2. The highest BCUT2D eigenvalue weighted by molar-refractivity contribution is 6.37. The number of amides is 3. The topological polar surface area (TPSA) is 84.5 Å². The Morgan fingerprint density at radius 3 is 2.46 bits per heavy atom. The maximum Gasteiger partial charge on any atom is 0.326 e. The number of imide groups is 1. The van der Waals surface area contributed by atoms with E-state index >= 15 is 0 Å². The largest absolute Gasteiger partial charge is 0.427 e. The van der Waals surface area contributed by atoms with Gasteiger partial charge in [0.2, 0.25) is 0 Å². The number of ether oxygens (including phenoxy) is 1. The first-order valence-corrected chi connectivity index (χ1v) is 7.46. The Bertz CT molecular complexity index is 808. The van der Waals surface area contributed by atoms with Crippen LogP contribution in [0.1, 0.15) is 17.3 Å². The van der Waals surface area contributed by atoms with Crippen LogP contribution in [0.4, 0.5) is 10.5 Å². The Balaban J connectivity index is 2.02. The minimum Gasteiger partial charge on any atom is -0.427 e. The molecule has 124 valence electrons. The van der Waals surface area contributed by atoms with Gasteiger partial charge in [0, 0.05) is 23.7 Å². The van der Waals surface area contributed by atoms with Gasteiger partial charge in [0.15, 0.2) is 0 Å². The van der Waals surface area contributed by atoms with Crippen molar-refractivity contribution in [3.63, 3.8) is 0 Å². The van der Waals surface area contributed by atoms with Gasteiger partial charge in [-0.05, 0) is 30.3 Å². The smallest absolute Gasteiger partial charge is 0.326 e. The van der Waals surface area contributed by atoms with Gasteiger partial charge in [-0.25, -0.2) is 4.79 Å². The lowest BCUT2D eigenvalue weighted by molar-refractivity contribution is -0.131. The molecule has 8 heteroatoms. The van der Waals surface area contributed by atoms with Gasteiger partial charge in [-0.15, -0.1) is 0 Å². The van der Waals surface area contributed by atoms with Crippen LogP contribution in [0.2, 0.25) is 10.0 Å². The molecule has 3 amide bonds. The molecule has 0 aliphatic carbocycles. The normalized spacial score (nSPS) is 9.96. The third-order valence-electron chi connectivity index (χ3n) is 2.76. The van der Waals surface area contributed by atoms with E-state index in [2.05, 4.69) is 10.6 Å². The molecular formula is C16H12Cl2N2O4. The van der Waals surface area contributed by atoms with E-state index in [0.29, 0.717) is 10.7 Å². The maximum atomic E-state index is 12.0. The number of benzene rings is 2. The van der Waals surface area contributed by atoms with Gasteiger partial charge < -0.3 is 10.1 Å². The Kier molecular flexibility index (Phi) is 5.78. The van der Waals surface area contributed by atoms with Gasteiger partial charge in [0.05, 0.1) is 10.6 Å². The Morgan fingerprint density at radius 1 is 1.04 bits per heavy atom. The van der Waals surface area contributed by atoms with E-state index < -0.39 is 17.9 Å². The van der Waals surface area contributed by atoms with Gasteiger partial charge in [-0.2, -0.15) is 0 Å². The second kappa shape index (κ2) is 7.81. The van der Waals surface area contributed by atoms with Crippen molar-refractivity contribution in [2.45, 2.75) is 6.92 Å². The Hall–Kier alpha value is -2.57. The summed E-state index contributed by atoms with van der Waals surface area (Å²) < 4.78 is 4.91. The number of halogens is 2. The molecule has 0 radical (unpaired) electrons. The second-order valence-corrected chi connectivity index (χ2v) is 5.50. The molecule has 24 heavy (non-hydrogen) atoms. The molecule has 0 aliphatic heterocycles. The Morgan fingerprint density at radius 2 is 1.79 bits per heavy atom. The van der Waals surface area contributed by atoms with E-state index in [4.69, 9.17) is 27.9 Å². The van der Waals surface area contributed by atoms with Crippen molar-refractivity contribution in [2.24, 2.45) is 0 Å². The molecular weight excluding hydrogens is 355 g/mol. The average Bonchev–Trinajstić information content (AvgIpc) is 2.46. The predicted molar refractivity (Wildman–Crippen MR) is 90.7 cm³/mol. The molecule has 0 saturated carbocycles. The van der Waals surface area contributed by atoms with Crippen molar-refractivity contribution in [3.05, 3.63) is 58.1 Å². The van der Waals surface area contributed by atoms with E-state index in [1.165, 1.54) is 31.2 Å². The monoisotopic (exact) mass is 366 g/mol. The van der Waals surface area contributed by atoms with Gasteiger partial charge in [-0.1, -0.05) is 29.3 Å². The number of esters is 1. The summed E-state index contributed by atoms with van der Waals surface area (Å²) in [5, 5.41) is 5.10. The second-order valence-electron chi connectivity index (χ2n) is 4.65. The lowest BCUT2D eigenvalue weighted by Gasteiger charge is -2.09. The molecule has 2 aromatic carbocycles. The molecule has 0 bridgehead atoms. The van der Waals surface area contributed by atoms with Gasteiger partial charge >= 0.3 is 12.0 Å². The summed E-state index contributed by atoms with van der Waals surface area (Å²) in [6.07, 6.45) is 0. The molecule has 0 atom stereocenters. The maximum absolute atomic E-state index is 12.0. The van der Waals surface area contributed by atoms with Crippen molar-refractivity contribution >= 4 is 46.8 Å². The molecule has 0 spiro atoms. The SMILES string of the molecule is CC(=O)Oc1cccc(NC(=O)NC(=O)c2ccc(Cl)cc2Cl)c1. The van der Waals surface area contributed by atoms with Gasteiger partial charge in [0.25, 0.3) is 5.91 Å². The molecule has 0 saturated heterocycles. The van der Waals surface area contributed by atoms with Crippen LogP contribution in [0.15, 0.2) is 42.5 Å². The van der Waals surface area contributed by atoms with Crippen LogP contribution >= 0.6 is 23.2 Å². The number of carbonyl (C=O) groups excluding carboxylic acids is 3. The first-order chi connectivity index (χ1) is 11.3. The number of carbonyl (C=O) groups is 3. The number of urea groups is 1. The van der Waals surface area contributed by atoms with Crippen LogP contribution in [0.5, 0.6) is 5.75 Å². The minimum absolute atomic E-state index is 0.116. The van der Waals surface area contributed by atoms with Crippen molar-refractivity contribution < 1.29 is 19.1 Å². The fraction of sp³-hybridized carbons (Fsp3) is 0.0625. The summed E-state index contributed by atoms with van der Waals surface area (Å²) in [6.45, 7) is 1.27. The Labute approximate surface area is 147 Å². The predicted octanol–water partition coefficient (Wildman–Crippen LogP) is 3.88. The first-order valence-electron chi connectivity index (χ1n) is 6.71. The fourth-order valence-electron chi connectivity index (χ4n) is 1.81. The van der Waals surface area contributed by atoms with E-state index in [9.17, 15) is 14.4 Å². The molecule has 2 N–H and O–H groups in total. The lowest BCUT2D eigenvalue weighted by Crippen LogP contribution is -2.34. The molecule has 6 nitrogen and oxygen atoms in total. The standard InChI is InChI=1S/C16H12Cl2N2O4/c1-9(21)24-12-4-2-3-11(8-12)19-16(23)20-15(22)13-6-5-10(17)7-14(13)18/h2-8H,1H3,(H2,19,20,22,23). The summed E-state index contributed by atoms with van der Waals surface area (Å²) in [4.78, 5) is 34.8. The number of hydrogen-bond donors (Lipinski definition) is 2. The van der Waals surface area contributed by atoms with Crippen LogP contribution in [-0.2, 0) is 4.79 Å². The molecule has 0 unspecified atom stereocenters. The minimum atomic E-state index is -0.758. The van der Waals surface area contributed by atoms with E-state index in [0.717, 1.165) is 0 Å². The van der Waals surface area contributed by atoms with Crippen molar-refractivity contribution in [3.8, 4) is 5.75 Å². The summed E-state index contributed by atoms with van der Waals surface area (Å²) in [5.74, 6) is -0.887. The first kappa shape index (κ1) is 17.8. The molecule has 0 aliphatic rings. The zero-order valence-corrected chi connectivity index (χ0v) is 13.9. The van der Waals surface area contributed by atoms with Gasteiger partial charge in [0.1, 0.15) is 5.75 Å². The average molecular weight is 367 g/mol. The van der Waals surface area contributed by atoms with E-state index in [1.54, 1.807) is 18.2 Å². The number of anilines is 1. The summed E-state index contributed by atoms with van der Waals surface area (Å²) in [7, 11) is 0. The fourth-order valence-corrected chi connectivity index (χ4v) is 2.30. The molecule has 0 heterocycles. The summed E-state index contributed by atoms with van der Waals surface area (Å²) in [6, 6.07) is 9.71. The molecule has 2 rings (SSSR count). The highest BCUT2D eigenvalue weighted by Crippen LogP contribution is 2.21. The van der Waals surface area contributed by atoms with Crippen LogP contribution in [0.25, 0.3) is 0 Å².